The lowest BCUT2D eigenvalue weighted by Gasteiger charge is -2.43. The third-order valence-electron chi connectivity index (χ3n) is 5.47. The van der Waals surface area contributed by atoms with Crippen molar-refractivity contribution in [3.8, 4) is 0 Å². The first-order valence-corrected chi connectivity index (χ1v) is 12.1. The topological polar surface area (TPSA) is 49.4 Å². The Morgan fingerprint density at radius 1 is 1.07 bits per heavy atom. The number of nitrogens with zero attached hydrogens (tertiary/aromatic N) is 1. The summed E-state index contributed by atoms with van der Waals surface area (Å²) in [4.78, 5) is 2.96. The number of likely N-dealkylation sites (tertiary alicyclic amines) is 1. The molecule has 2 aromatic carbocycles. The zero-order chi connectivity index (χ0) is 20.1. The molecule has 0 bridgehead atoms. The van der Waals surface area contributed by atoms with Crippen LogP contribution < -0.4 is 5.32 Å². The SMILES string of the molecule is CC(C)C[C@@H]1[C@H](Nc2ccccc2)CCCN1Cc1ccc(S(C)(=O)=O)cc1. The third-order valence-corrected chi connectivity index (χ3v) is 6.60. The number of anilines is 1. The molecule has 0 aromatic heterocycles. The molecule has 0 saturated carbocycles. The molecule has 28 heavy (non-hydrogen) atoms. The largest absolute Gasteiger partial charge is 0.381 e. The predicted molar refractivity (Wildman–Crippen MR) is 116 cm³/mol. The highest BCUT2D eigenvalue weighted by molar-refractivity contribution is 7.90. The van der Waals surface area contributed by atoms with Gasteiger partial charge in [0.15, 0.2) is 9.84 Å². The van der Waals surface area contributed by atoms with Gasteiger partial charge in [0, 0.05) is 30.6 Å². The van der Waals surface area contributed by atoms with Crippen molar-refractivity contribution >= 4 is 15.5 Å². The number of sulfone groups is 1. The molecule has 1 aliphatic rings. The molecular weight excluding hydrogens is 368 g/mol. The van der Waals surface area contributed by atoms with Crippen LogP contribution in [0.4, 0.5) is 5.69 Å². The van der Waals surface area contributed by atoms with E-state index in [9.17, 15) is 8.42 Å². The Morgan fingerprint density at radius 2 is 1.75 bits per heavy atom. The molecule has 0 spiro atoms. The molecule has 0 aliphatic carbocycles. The molecule has 2 aromatic rings. The second-order valence-corrected chi connectivity index (χ2v) is 10.4. The van der Waals surface area contributed by atoms with Gasteiger partial charge in [-0.3, -0.25) is 4.90 Å². The number of hydrogen-bond donors (Lipinski definition) is 1. The minimum atomic E-state index is -3.15. The van der Waals surface area contributed by atoms with Crippen LogP contribution in [0.25, 0.3) is 0 Å². The van der Waals surface area contributed by atoms with Gasteiger partial charge in [0.1, 0.15) is 0 Å². The Hall–Kier alpha value is -1.85. The van der Waals surface area contributed by atoms with Crippen molar-refractivity contribution in [3.05, 3.63) is 60.2 Å². The van der Waals surface area contributed by atoms with Gasteiger partial charge < -0.3 is 5.32 Å². The number of benzene rings is 2. The first-order valence-electron chi connectivity index (χ1n) is 10.2. The van der Waals surface area contributed by atoms with Crippen molar-refractivity contribution in [3.63, 3.8) is 0 Å². The van der Waals surface area contributed by atoms with Gasteiger partial charge in [0.05, 0.1) is 4.90 Å². The van der Waals surface area contributed by atoms with Gasteiger partial charge in [-0.05, 0) is 61.6 Å². The average Bonchev–Trinajstić information content (AvgIpc) is 2.64. The molecule has 5 heteroatoms. The number of hydrogen-bond acceptors (Lipinski definition) is 4. The molecule has 0 amide bonds. The quantitative estimate of drug-likeness (QED) is 0.739. The van der Waals surface area contributed by atoms with Crippen LogP contribution in [-0.2, 0) is 16.4 Å². The summed E-state index contributed by atoms with van der Waals surface area (Å²) in [5, 5.41) is 3.76. The van der Waals surface area contributed by atoms with E-state index in [1.807, 2.05) is 18.2 Å². The summed E-state index contributed by atoms with van der Waals surface area (Å²) in [5.41, 5.74) is 2.35. The Kier molecular flexibility index (Phi) is 6.78. The van der Waals surface area contributed by atoms with Gasteiger partial charge in [-0.15, -0.1) is 0 Å². The Labute approximate surface area is 169 Å². The number of para-hydroxylation sites is 1. The third kappa shape index (κ3) is 5.58. The Morgan fingerprint density at radius 3 is 2.36 bits per heavy atom. The van der Waals surface area contributed by atoms with E-state index in [0.29, 0.717) is 22.9 Å². The number of nitrogens with one attached hydrogen (secondary N) is 1. The fourth-order valence-corrected chi connectivity index (χ4v) is 4.74. The average molecular weight is 401 g/mol. The van der Waals surface area contributed by atoms with Crippen molar-refractivity contribution in [2.75, 3.05) is 18.1 Å². The highest BCUT2D eigenvalue weighted by atomic mass is 32.2. The lowest BCUT2D eigenvalue weighted by atomic mass is 9.89. The molecule has 152 valence electrons. The standard InChI is InChI=1S/C23H32N2O2S/c1-18(2)16-23-22(24-20-8-5-4-6-9-20)10-7-15-25(23)17-19-11-13-21(14-12-19)28(3,26)27/h4-6,8-9,11-14,18,22-24H,7,10,15-17H2,1-3H3/t22-,23-/m1/s1. The van der Waals surface area contributed by atoms with Crippen LogP contribution in [-0.4, -0.2) is 38.2 Å². The van der Waals surface area contributed by atoms with Gasteiger partial charge in [0.25, 0.3) is 0 Å². The lowest BCUT2D eigenvalue weighted by molar-refractivity contribution is 0.110. The van der Waals surface area contributed by atoms with E-state index in [4.69, 9.17) is 0 Å². The summed E-state index contributed by atoms with van der Waals surface area (Å²) in [6.07, 6.45) is 4.74. The molecular formula is C23H32N2O2S. The maximum absolute atomic E-state index is 11.7. The van der Waals surface area contributed by atoms with Gasteiger partial charge in [0.2, 0.25) is 0 Å². The fraction of sp³-hybridized carbons (Fsp3) is 0.478. The van der Waals surface area contributed by atoms with Crippen LogP contribution in [0.3, 0.4) is 0 Å². The second-order valence-electron chi connectivity index (χ2n) is 8.34. The zero-order valence-corrected chi connectivity index (χ0v) is 18.0. The monoisotopic (exact) mass is 400 g/mol. The van der Waals surface area contributed by atoms with Crippen molar-refractivity contribution in [2.24, 2.45) is 5.92 Å². The molecule has 2 atom stereocenters. The molecule has 1 N–H and O–H groups in total. The summed E-state index contributed by atoms with van der Waals surface area (Å²) >= 11 is 0. The van der Waals surface area contributed by atoms with Crippen LogP contribution in [0.2, 0.25) is 0 Å². The van der Waals surface area contributed by atoms with E-state index in [-0.39, 0.29) is 0 Å². The van der Waals surface area contributed by atoms with Gasteiger partial charge in [-0.1, -0.05) is 44.2 Å². The summed E-state index contributed by atoms with van der Waals surface area (Å²) in [6.45, 7) is 6.51. The van der Waals surface area contributed by atoms with Crippen LogP contribution in [0.15, 0.2) is 59.5 Å². The van der Waals surface area contributed by atoms with Crippen molar-refractivity contribution in [1.82, 2.24) is 4.90 Å². The summed E-state index contributed by atoms with van der Waals surface area (Å²) in [7, 11) is -3.15. The summed E-state index contributed by atoms with van der Waals surface area (Å²) in [5.74, 6) is 0.623. The fourth-order valence-electron chi connectivity index (χ4n) is 4.11. The minimum Gasteiger partial charge on any atom is -0.381 e. The van der Waals surface area contributed by atoms with E-state index in [2.05, 4.69) is 48.3 Å². The zero-order valence-electron chi connectivity index (χ0n) is 17.1. The molecule has 0 unspecified atom stereocenters. The molecule has 1 heterocycles. The van der Waals surface area contributed by atoms with E-state index in [0.717, 1.165) is 19.5 Å². The molecule has 1 saturated heterocycles. The first-order chi connectivity index (χ1) is 13.3. The molecule has 0 radical (unpaired) electrons. The first kappa shape index (κ1) is 20.9. The van der Waals surface area contributed by atoms with E-state index in [1.165, 1.54) is 30.3 Å². The second kappa shape index (κ2) is 9.10. The van der Waals surface area contributed by atoms with E-state index in [1.54, 1.807) is 12.1 Å². The van der Waals surface area contributed by atoms with Crippen LogP contribution >= 0.6 is 0 Å². The van der Waals surface area contributed by atoms with Crippen LogP contribution in [0, 0.1) is 5.92 Å². The smallest absolute Gasteiger partial charge is 0.175 e. The maximum atomic E-state index is 11.7. The van der Waals surface area contributed by atoms with Gasteiger partial charge in [-0.25, -0.2) is 8.42 Å². The normalized spacial score (nSPS) is 21.0. The lowest BCUT2D eigenvalue weighted by Crippen LogP contribution is -2.51. The highest BCUT2D eigenvalue weighted by Crippen LogP contribution is 2.28. The Balaban J connectivity index is 1.76. The predicted octanol–water partition coefficient (Wildman–Crippen LogP) is 4.58. The van der Waals surface area contributed by atoms with Crippen molar-refractivity contribution in [1.29, 1.82) is 0 Å². The maximum Gasteiger partial charge on any atom is 0.175 e. The van der Waals surface area contributed by atoms with Crippen LogP contribution in [0.5, 0.6) is 0 Å². The Bertz CT molecular complexity index is 848. The molecule has 4 nitrogen and oxygen atoms in total. The van der Waals surface area contributed by atoms with Gasteiger partial charge in [-0.2, -0.15) is 0 Å². The van der Waals surface area contributed by atoms with Crippen molar-refractivity contribution in [2.45, 2.75) is 56.6 Å². The number of rotatable bonds is 7. The van der Waals surface area contributed by atoms with Crippen LogP contribution in [0.1, 0.15) is 38.7 Å². The minimum absolute atomic E-state index is 0.386. The van der Waals surface area contributed by atoms with Gasteiger partial charge >= 0.3 is 0 Å². The molecule has 1 aliphatic heterocycles. The number of piperidine rings is 1. The molecule has 1 fully saturated rings. The molecule has 3 rings (SSSR count). The highest BCUT2D eigenvalue weighted by Gasteiger charge is 2.31. The van der Waals surface area contributed by atoms with Crippen molar-refractivity contribution < 1.29 is 8.42 Å². The summed E-state index contributed by atoms with van der Waals surface area (Å²) < 4.78 is 23.4. The van der Waals surface area contributed by atoms with E-state index >= 15 is 0 Å². The van der Waals surface area contributed by atoms with E-state index < -0.39 is 9.84 Å². The summed E-state index contributed by atoms with van der Waals surface area (Å²) in [6, 6.07) is 18.7.